The summed E-state index contributed by atoms with van der Waals surface area (Å²) < 4.78 is 10.8. The van der Waals surface area contributed by atoms with Gasteiger partial charge in [0.25, 0.3) is 0 Å². The molecule has 1 unspecified atom stereocenters. The molecule has 0 aliphatic heterocycles. The minimum Gasteiger partial charge on any atom is -0.486 e. The largest absolute Gasteiger partial charge is 0.486 e. The Bertz CT molecular complexity index is 630. The van der Waals surface area contributed by atoms with Crippen LogP contribution in [0.3, 0.4) is 0 Å². The average Bonchev–Trinajstić information content (AvgIpc) is 3.03. The van der Waals surface area contributed by atoms with Crippen LogP contribution in [-0.4, -0.2) is 13.1 Å². The van der Waals surface area contributed by atoms with Gasteiger partial charge in [-0.05, 0) is 54.8 Å². The second-order valence-electron chi connectivity index (χ2n) is 5.52. The predicted octanol–water partition coefficient (Wildman–Crippen LogP) is 4.31. The Morgan fingerprint density at radius 2 is 2.09 bits per heavy atom. The first kappa shape index (κ1) is 15.1. The molecule has 0 amide bonds. The summed E-state index contributed by atoms with van der Waals surface area (Å²) in [4.78, 5) is 12.6. The molecule has 0 N–H and O–H groups in total. The van der Waals surface area contributed by atoms with E-state index in [4.69, 9.17) is 4.74 Å². The number of carbonyl (C=O) groups is 1. The van der Waals surface area contributed by atoms with Crippen LogP contribution < -0.4 is 4.74 Å². The van der Waals surface area contributed by atoms with Gasteiger partial charge in [-0.3, -0.25) is 4.79 Å². The number of esters is 1. The van der Waals surface area contributed by atoms with Crippen molar-refractivity contribution in [2.24, 2.45) is 0 Å². The lowest BCUT2D eigenvalue weighted by Gasteiger charge is -2.23. The highest BCUT2D eigenvalue weighted by atomic mass is 32.1. The maximum atomic E-state index is 11.2. The fourth-order valence-corrected chi connectivity index (χ4v) is 3.79. The van der Waals surface area contributed by atoms with Gasteiger partial charge in [-0.25, -0.2) is 0 Å². The molecule has 1 aliphatic rings. The lowest BCUT2D eigenvalue weighted by atomic mass is 9.96. The first-order valence-electron chi connectivity index (χ1n) is 7.65. The van der Waals surface area contributed by atoms with Crippen molar-refractivity contribution in [3.05, 3.63) is 51.7 Å². The molecule has 0 bridgehead atoms. The molecule has 0 radical (unpaired) electrons. The highest BCUT2D eigenvalue weighted by Gasteiger charge is 2.22. The van der Waals surface area contributed by atoms with Gasteiger partial charge in [0, 0.05) is 16.9 Å². The van der Waals surface area contributed by atoms with E-state index in [1.54, 1.807) is 0 Å². The summed E-state index contributed by atoms with van der Waals surface area (Å²) in [6.45, 7) is 0. The van der Waals surface area contributed by atoms with Gasteiger partial charge in [0.05, 0.1) is 7.11 Å². The normalized spacial score (nSPS) is 16.9. The number of ether oxygens (including phenoxy) is 2. The molecule has 1 aliphatic carbocycles. The van der Waals surface area contributed by atoms with Crippen molar-refractivity contribution < 1.29 is 14.3 Å². The third-order valence-electron chi connectivity index (χ3n) is 4.04. The van der Waals surface area contributed by atoms with Gasteiger partial charge < -0.3 is 9.47 Å². The first-order chi connectivity index (χ1) is 10.8. The third-order valence-corrected chi connectivity index (χ3v) is 5.04. The second kappa shape index (κ2) is 6.97. The molecule has 0 saturated heterocycles. The summed E-state index contributed by atoms with van der Waals surface area (Å²) in [5.74, 6) is 0.721. The van der Waals surface area contributed by atoms with E-state index < -0.39 is 0 Å². The van der Waals surface area contributed by atoms with E-state index in [0.29, 0.717) is 12.8 Å². The smallest absolute Gasteiger partial charge is 0.305 e. The monoisotopic (exact) mass is 316 g/mol. The van der Waals surface area contributed by atoms with Crippen LogP contribution in [0.25, 0.3) is 0 Å². The molecule has 0 saturated carbocycles. The van der Waals surface area contributed by atoms with Crippen LogP contribution >= 0.6 is 11.3 Å². The quantitative estimate of drug-likeness (QED) is 0.771. The fraction of sp³-hybridized carbons (Fsp3) is 0.389. The molecule has 1 aromatic carbocycles. The number of fused-ring (bicyclic) bond motifs is 1. The van der Waals surface area contributed by atoms with Crippen LogP contribution in [0.5, 0.6) is 5.75 Å². The molecule has 2 aromatic rings. The van der Waals surface area contributed by atoms with Gasteiger partial charge in [-0.2, -0.15) is 0 Å². The van der Waals surface area contributed by atoms with Crippen molar-refractivity contribution in [2.75, 3.05) is 7.11 Å². The van der Waals surface area contributed by atoms with Gasteiger partial charge in [-0.15, -0.1) is 11.3 Å². The molecule has 22 heavy (non-hydrogen) atoms. The molecular formula is C18H20O3S. The van der Waals surface area contributed by atoms with Crippen molar-refractivity contribution in [3.8, 4) is 5.75 Å². The lowest BCUT2D eigenvalue weighted by molar-refractivity contribution is -0.140. The number of methoxy groups -OCH3 is 1. The minimum atomic E-state index is -0.174. The molecule has 3 nitrogen and oxygen atoms in total. The van der Waals surface area contributed by atoms with Crippen molar-refractivity contribution in [3.63, 3.8) is 0 Å². The van der Waals surface area contributed by atoms with Gasteiger partial charge in [-0.1, -0.05) is 12.1 Å². The molecule has 0 spiro atoms. The maximum absolute atomic E-state index is 11.2. The van der Waals surface area contributed by atoms with E-state index >= 15 is 0 Å². The van der Waals surface area contributed by atoms with Crippen molar-refractivity contribution in [2.45, 2.75) is 38.2 Å². The number of hydrogen-bond acceptors (Lipinski definition) is 4. The highest BCUT2D eigenvalue weighted by molar-refractivity contribution is 7.10. The summed E-state index contributed by atoms with van der Waals surface area (Å²) in [5, 5.41) is 2.16. The first-order valence-corrected chi connectivity index (χ1v) is 8.53. The molecule has 3 rings (SSSR count). The summed E-state index contributed by atoms with van der Waals surface area (Å²) >= 11 is 1.83. The Hall–Kier alpha value is -1.81. The maximum Gasteiger partial charge on any atom is 0.305 e. The topological polar surface area (TPSA) is 35.5 Å². The standard InChI is InChI=1S/C18H20O3S/c1-20-18(19)10-7-13-5-8-14(9-6-13)21-16-3-2-4-17-15(16)11-12-22-17/h5-6,8-9,11-12,16H,2-4,7,10H2,1H3. The van der Waals surface area contributed by atoms with Crippen LogP contribution in [0.15, 0.2) is 35.7 Å². The number of benzene rings is 1. The molecule has 116 valence electrons. The second-order valence-corrected chi connectivity index (χ2v) is 6.52. The van der Waals surface area contributed by atoms with Crippen LogP contribution in [0.2, 0.25) is 0 Å². The van der Waals surface area contributed by atoms with Crippen LogP contribution in [0.4, 0.5) is 0 Å². The van der Waals surface area contributed by atoms with E-state index in [2.05, 4.69) is 16.2 Å². The fourth-order valence-electron chi connectivity index (χ4n) is 2.81. The van der Waals surface area contributed by atoms with E-state index in [9.17, 15) is 4.79 Å². The van der Waals surface area contributed by atoms with Crippen molar-refractivity contribution in [1.82, 2.24) is 0 Å². The van der Waals surface area contributed by atoms with Crippen LogP contribution in [-0.2, 0) is 22.4 Å². The Kier molecular flexibility index (Phi) is 4.78. The Balaban J connectivity index is 1.61. The van der Waals surface area contributed by atoms with E-state index in [1.807, 2.05) is 35.6 Å². The highest BCUT2D eigenvalue weighted by Crippen LogP contribution is 2.36. The number of hydrogen-bond donors (Lipinski definition) is 0. The van der Waals surface area contributed by atoms with E-state index in [0.717, 1.165) is 17.7 Å². The number of aryl methyl sites for hydroxylation is 2. The molecule has 1 aromatic heterocycles. The Morgan fingerprint density at radius 3 is 2.86 bits per heavy atom. The summed E-state index contributed by atoms with van der Waals surface area (Å²) in [6, 6.07) is 10.2. The lowest BCUT2D eigenvalue weighted by Crippen LogP contribution is -2.13. The van der Waals surface area contributed by atoms with Gasteiger partial charge >= 0.3 is 5.97 Å². The number of carbonyl (C=O) groups excluding carboxylic acids is 1. The SMILES string of the molecule is COC(=O)CCc1ccc(OC2CCCc3sccc32)cc1. The molecular weight excluding hydrogens is 296 g/mol. The molecule has 0 fully saturated rings. The summed E-state index contributed by atoms with van der Waals surface area (Å²) in [6.07, 6.45) is 4.74. The zero-order valence-electron chi connectivity index (χ0n) is 12.7. The molecule has 4 heteroatoms. The van der Waals surface area contributed by atoms with Gasteiger partial charge in [0.15, 0.2) is 0 Å². The summed E-state index contributed by atoms with van der Waals surface area (Å²) in [7, 11) is 1.42. The minimum absolute atomic E-state index is 0.174. The van der Waals surface area contributed by atoms with Gasteiger partial charge in [0.1, 0.15) is 11.9 Å². The zero-order chi connectivity index (χ0) is 15.4. The molecule has 1 atom stereocenters. The summed E-state index contributed by atoms with van der Waals surface area (Å²) in [5.41, 5.74) is 2.48. The van der Waals surface area contributed by atoms with E-state index in [1.165, 1.54) is 30.4 Å². The van der Waals surface area contributed by atoms with Crippen LogP contribution in [0, 0.1) is 0 Å². The Morgan fingerprint density at radius 1 is 1.27 bits per heavy atom. The molecule has 1 heterocycles. The average molecular weight is 316 g/mol. The van der Waals surface area contributed by atoms with E-state index in [-0.39, 0.29) is 12.1 Å². The van der Waals surface area contributed by atoms with Crippen LogP contribution in [0.1, 0.15) is 41.4 Å². The van der Waals surface area contributed by atoms with Crippen molar-refractivity contribution in [1.29, 1.82) is 0 Å². The number of thiophene rings is 1. The van der Waals surface area contributed by atoms with Crippen molar-refractivity contribution >= 4 is 17.3 Å². The van der Waals surface area contributed by atoms with Gasteiger partial charge in [0.2, 0.25) is 0 Å². The third kappa shape index (κ3) is 3.50. The predicted molar refractivity (Wildman–Crippen MR) is 87.4 cm³/mol. The number of rotatable bonds is 5. The Labute approximate surface area is 134 Å². The zero-order valence-corrected chi connectivity index (χ0v) is 13.5.